The van der Waals surface area contributed by atoms with E-state index in [1.165, 1.54) is 98.0 Å². The lowest BCUT2D eigenvalue weighted by Crippen LogP contribution is -2.61. The number of hydrazine groups is 1. The van der Waals surface area contributed by atoms with E-state index in [2.05, 4.69) is 16.1 Å². The van der Waals surface area contributed by atoms with E-state index in [1.807, 2.05) is 0 Å². The summed E-state index contributed by atoms with van der Waals surface area (Å²) >= 11 is 0. The van der Waals surface area contributed by atoms with Crippen LogP contribution in [0.2, 0.25) is 0 Å². The summed E-state index contributed by atoms with van der Waals surface area (Å²) in [7, 11) is 4.08. The second-order valence-electron chi connectivity index (χ2n) is 26.2. The first-order chi connectivity index (χ1) is 52.6. The number of anilines is 2. The van der Waals surface area contributed by atoms with Gasteiger partial charge in [-0.05, 0) is 93.5 Å². The van der Waals surface area contributed by atoms with Gasteiger partial charge < -0.3 is 140 Å². The number of nitrogens with one attached hydrogen (secondary N) is 3. The van der Waals surface area contributed by atoms with Crippen LogP contribution >= 0.6 is 0 Å². The highest BCUT2D eigenvalue weighted by Gasteiger charge is 2.52. The number of aliphatic hydroxyl groups is 8. The van der Waals surface area contributed by atoms with Gasteiger partial charge in [-0.1, -0.05) is 23.3 Å². The number of benzene rings is 4. The first-order valence-electron chi connectivity index (χ1n) is 34.6. The van der Waals surface area contributed by atoms with Gasteiger partial charge in [0.15, 0.2) is 47.7 Å². The molecule has 4 aromatic rings. The summed E-state index contributed by atoms with van der Waals surface area (Å²) < 4.78 is 68.2. The fourth-order valence-electron chi connectivity index (χ4n) is 12.9. The van der Waals surface area contributed by atoms with Crippen LogP contribution < -0.4 is 65.9 Å². The second-order valence-corrected chi connectivity index (χ2v) is 26.2. The van der Waals surface area contributed by atoms with Gasteiger partial charge in [0.1, 0.15) is 61.3 Å². The Morgan fingerprint density at radius 1 is 0.545 bits per heavy atom. The zero-order valence-electron chi connectivity index (χ0n) is 60.1. The number of ether oxygens (including phenoxy) is 12. The molecule has 0 saturated carbocycles. The molecule has 17 N–H and O–H groups in total. The van der Waals surface area contributed by atoms with E-state index >= 15 is 0 Å². The first-order valence-corrected chi connectivity index (χ1v) is 34.6. The zero-order valence-corrected chi connectivity index (χ0v) is 60.1. The highest BCUT2D eigenvalue weighted by Crippen LogP contribution is 2.45. The number of nitrogens with two attached hydrogens (primary N) is 2. The van der Waals surface area contributed by atoms with Gasteiger partial charge >= 0.3 is 24.1 Å². The van der Waals surface area contributed by atoms with E-state index in [4.69, 9.17) is 68.4 Å². The summed E-state index contributed by atoms with van der Waals surface area (Å²) in [5, 5.41) is 112. The van der Waals surface area contributed by atoms with Crippen molar-refractivity contribution in [2.24, 2.45) is 11.6 Å². The molecule has 596 valence electrons. The van der Waals surface area contributed by atoms with E-state index in [0.29, 0.717) is 36.1 Å². The topological polar surface area (TPSA) is 551 Å². The molecule has 0 aromatic heterocycles. The monoisotopic (exact) mass is 1550 g/mol. The van der Waals surface area contributed by atoms with Gasteiger partial charge in [0.25, 0.3) is 23.6 Å². The van der Waals surface area contributed by atoms with Crippen LogP contribution in [0, 0.1) is 0 Å². The highest BCUT2D eigenvalue weighted by atomic mass is 16.7. The Kier molecular flexibility index (Phi) is 27.0. The number of carbonyl (C=O) groups is 8. The molecule has 6 aliphatic heterocycles. The fraction of sp³-hybridized carbons (Fsp3) is 0.465. The molecule has 4 aromatic carbocycles. The van der Waals surface area contributed by atoms with Gasteiger partial charge in [-0.15, -0.1) is 0 Å². The largest absolute Gasteiger partial charge is 0.493 e. The van der Waals surface area contributed by atoms with Crippen LogP contribution in [0.15, 0.2) is 96.1 Å². The number of fused-ring (bicyclic) bond motifs is 4. The molecule has 2 fully saturated rings. The van der Waals surface area contributed by atoms with Crippen molar-refractivity contribution >= 4 is 59.1 Å². The van der Waals surface area contributed by atoms with Crippen LogP contribution in [0.4, 0.5) is 21.0 Å². The van der Waals surface area contributed by atoms with Gasteiger partial charge in [0.2, 0.25) is 12.6 Å². The third kappa shape index (κ3) is 18.0. The van der Waals surface area contributed by atoms with E-state index in [-0.39, 0.29) is 138 Å². The third-order valence-corrected chi connectivity index (χ3v) is 18.6. The lowest BCUT2D eigenvalue weighted by molar-refractivity contribution is -0.271. The van der Waals surface area contributed by atoms with E-state index in [1.54, 1.807) is 26.2 Å². The van der Waals surface area contributed by atoms with Gasteiger partial charge in [-0.2, -0.15) is 0 Å². The average Bonchev–Trinajstić information content (AvgIpc) is 1.60. The first kappa shape index (κ1) is 81.8. The summed E-state index contributed by atoms with van der Waals surface area (Å²) in [6.07, 6.45) is -20.1. The molecule has 0 aliphatic carbocycles. The van der Waals surface area contributed by atoms with Gasteiger partial charge in [0.05, 0.1) is 98.7 Å². The number of hydrogen-bond donors (Lipinski definition) is 15. The molecule has 39 heteroatoms. The van der Waals surface area contributed by atoms with Crippen LogP contribution in [0.5, 0.6) is 34.5 Å². The fourth-order valence-corrected chi connectivity index (χ4v) is 12.9. The van der Waals surface area contributed by atoms with Crippen molar-refractivity contribution in [2.45, 2.75) is 145 Å². The van der Waals surface area contributed by atoms with E-state index in [0.717, 1.165) is 9.80 Å². The number of amides is 6. The number of carboxylic acids is 2. The van der Waals surface area contributed by atoms with Crippen molar-refractivity contribution in [1.82, 2.24) is 25.9 Å². The van der Waals surface area contributed by atoms with Crippen molar-refractivity contribution < 1.29 is 146 Å². The minimum Gasteiger partial charge on any atom is -0.493 e. The Morgan fingerprint density at radius 2 is 0.973 bits per heavy atom. The maximum Gasteiger partial charge on any atom is 0.416 e. The molecule has 6 heterocycles. The molecule has 2 saturated heterocycles. The maximum absolute atomic E-state index is 14.6. The second kappa shape index (κ2) is 36.2. The predicted molar refractivity (Wildman–Crippen MR) is 375 cm³/mol. The van der Waals surface area contributed by atoms with Crippen LogP contribution in [0.1, 0.15) is 98.5 Å². The predicted octanol–water partition coefficient (Wildman–Crippen LogP) is -0.553. The number of unbranched alkanes of at least 4 members (excludes halogenated alkanes) is 2. The van der Waals surface area contributed by atoms with Gasteiger partial charge in [-0.25, -0.2) is 29.0 Å². The molecule has 14 atom stereocenters. The lowest BCUT2D eigenvalue weighted by Gasteiger charge is -2.38. The van der Waals surface area contributed by atoms with Crippen LogP contribution in [0.3, 0.4) is 0 Å². The number of nitrogens with zero attached hydrogens (tertiary/aromatic N) is 4. The molecule has 0 spiro atoms. The molecule has 2 unspecified atom stereocenters. The molecule has 10 rings (SSSR count). The standard InChI is InChI=1S/C71H87N9O30/c1-33-19-44-64(91)79(70(97)105-30-35-9-11-46(40(21-35)60(87)74-13-17-99-3)107-68-56(85)52(81)54(83)58(109-68)66(93)94)42-25-50(48(100-4)23-38(42)62(89)77(44)28-33)103-15-7-6-8-16-104-51-26-43-39(24-49(51)101-5)63(90)78-29-34(2)20-45(78)65(92)80(43)71(98)106-31-36-10-12-47(108-69-57(86)53(82)55(84)59(110-69)67(95)96)41(22-36)61(88)75-14-18-102-32-37(27-72)76-73/h9-12,21-29,44-45,52-59,64-65,68-69,76,81-86,91-92H,6-8,13-20,30-32,72-73H2,1-5H3,(H,74,87)(H,75,88)(H,93,94)(H,95,96)/b37-27-/t44-,45-,52-,53-,54-,55-,56+,57+,58-,59-,64?,65?,68+,69+/m0/s1. The Hall–Kier alpha value is -10.7. The number of rotatable bonds is 31. The molecule has 6 aliphatic rings. The molecule has 0 bridgehead atoms. The van der Waals surface area contributed by atoms with Gasteiger partial charge in [0, 0.05) is 50.9 Å². The SMILES string of the molecule is COCCNC(=O)c1cc(COC(=O)N2c3cc(OCCCCCOc4cc5c(cc4OC)C(=O)N4C=C(C)C[C@H]4C(O)N5C(=O)OCc4ccc(O[C@@H]5O[C@H](C(=O)O)[C@@H](O)[C@H](O)[C@H]5O)c(C(=O)NCCOC/C(=C/N)NN)c4)c(OC)cc3C(=O)N3C=C(C)C[C@H]3C2O)ccc1O[C@@H]1O[C@H](C(=O)O)[C@@H](O)[C@H](O)[C@H]1O. The lowest BCUT2D eigenvalue weighted by atomic mass is 9.99. The molecular weight excluding hydrogens is 1460 g/mol. The van der Waals surface area contributed by atoms with E-state index in [9.17, 15) is 89.4 Å². The summed E-state index contributed by atoms with van der Waals surface area (Å²) in [4.78, 5) is 114. The maximum atomic E-state index is 14.6. The molecule has 110 heavy (non-hydrogen) atoms. The number of carboxylic acid groups (broad SMARTS) is 2. The average molecular weight is 1550 g/mol. The van der Waals surface area contributed by atoms with Crippen LogP contribution in [-0.4, -0.2) is 262 Å². The molecule has 0 radical (unpaired) electrons. The number of carbonyl (C=O) groups excluding carboxylic acids is 6. The van der Waals surface area contributed by atoms with Crippen molar-refractivity contribution in [3.63, 3.8) is 0 Å². The highest BCUT2D eigenvalue weighted by molar-refractivity contribution is 6.08. The number of aliphatic carboxylic acids is 2. The quantitative estimate of drug-likeness (QED) is 0.0171. The van der Waals surface area contributed by atoms with Crippen molar-refractivity contribution in [1.29, 1.82) is 0 Å². The Morgan fingerprint density at radius 3 is 1.36 bits per heavy atom. The number of aliphatic hydroxyl groups excluding tert-OH is 8. The summed E-state index contributed by atoms with van der Waals surface area (Å²) in [5.74, 6) is -1.09. The normalized spacial score (nSPS) is 24.9. The summed E-state index contributed by atoms with van der Waals surface area (Å²) in [6.45, 7) is 2.21. The molecule has 6 amide bonds. The molecular formula is C71H87N9O30. The Balaban J connectivity index is 0.825. The minimum absolute atomic E-state index is 0.00215. The number of hydrogen-bond acceptors (Lipinski definition) is 31. The Bertz CT molecular complexity index is 4180. The minimum atomic E-state index is -2.06. The smallest absolute Gasteiger partial charge is 0.416 e. The number of methoxy groups -OCH3 is 3. The van der Waals surface area contributed by atoms with Crippen molar-refractivity contribution in [2.75, 3.05) is 77.3 Å². The Labute approximate surface area is 627 Å². The van der Waals surface area contributed by atoms with Gasteiger partial charge in [-0.3, -0.25) is 25.0 Å². The summed E-state index contributed by atoms with van der Waals surface area (Å²) in [6, 6.07) is 11.1. The molecule has 39 nitrogen and oxygen atoms in total. The van der Waals surface area contributed by atoms with Crippen LogP contribution in [0.25, 0.3) is 0 Å². The van der Waals surface area contributed by atoms with Crippen LogP contribution in [-0.2, 0) is 51.2 Å². The third-order valence-electron chi connectivity index (χ3n) is 18.6. The van der Waals surface area contributed by atoms with E-state index < -0.39 is 147 Å². The van der Waals surface area contributed by atoms with Crippen molar-refractivity contribution in [3.8, 4) is 34.5 Å². The summed E-state index contributed by atoms with van der Waals surface area (Å²) in [5.41, 5.74) is 8.96. The zero-order chi connectivity index (χ0) is 79.5. The van der Waals surface area contributed by atoms with Crippen molar-refractivity contribution in [3.05, 3.63) is 129 Å².